The number of rotatable bonds is 5. The first-order valence-electron chi connectivity index (χ1n) is 21.8. The molecule has 2 atom stereocenters. The van der Waals surface area contributed by atoms with Crippen molar-refractivity contribution in [3.05, 3.63) is 198 Å². The van der Waals surface area contributed by atoms with Gasteiger partial charge in [-0.25, -0.2) is 15.0 Å². The number of ether oxygens (including phenoxy) is 1. The fourth-order valence-corrected chi connectivity index (χ4v) is 13.6. The van der Waals surface area contributed by atoms with E-state index in [9.17, 15) is 0 Å². The first-order chi connectivity index (χ1) is 29.6. The van der Waals surface area contributed by atoms with E-state index in [0.717, 1.165) is 80.1 Å². The van der Waals surface area contributed by atoms with Crippen molar-refractivity contribution in [2.45, 2.75) is 42.9 Å². The van der Waals surface area contributed by atoms with Crippen LogP contribution in [0.3, 0.4) is 0 Å². The molecule has 0 saturated heterocycles. The maximum Gasteiger partial charge on any atom is 0.164 e. The summed E-state index contributed by atoms with van der Waals surface area (Å²) in [6.45, 7) is 0. The van der Waals surface area contributed by atoms with E-state index >= 15 is 0 Å². The highest BCUT2D eigenvalue weighted by atomic mass is 16.5. The van der Waals surface area contributed by atoms with Crippen LogP contribution in [-0.4, -0.2) is 15.0 Å². The molecule has 4 nitrogen and oxygen atoms in total. The zero-order valence-electron chi connectivity index (χ0n) is 33.2. The molecule has 60 heavy (non-hydrogen) atoms. The number of hydrogen-bond donors (Lipinski definition) is 0. The van der Waals surface area contributed by atoms with Crippen molar-refractivity contribution in [3.63, 3.8) is 0 Å². The first kappa shape index (κ1) is 33.2. The van der Waals surface area contributed by atoms with Gasteiger partial charge < -0.3 is 4.74 Å². The number of hydrogen-bond acceptors (Lipinski definition) is 4. The molecule has 4 heteroatoms. The van der Waals surface area contributed by atoms with Crippen LogP contribution in [-0.2, 0) is 10.8 Å². The number of nitrogens with zero attached hydrogens (tertiary/aromatic N) is 3. The lowest BCUT2D eigenvalue weighted by Crippen LogP contribution is -2.59. The summed E-state index contributed by atoms with van der Waals surface area (Å²) >= 11 is 0. The lowest BCUT2D eigenvalue weighted by molar-refractivity contribution is -0.175. The summed E-state index contributed by atoms with van der Waals surface area (Å²) in [5, 5.41) is 0. The van der Waals surface area contributed by atoms with Crippen molar-refractivity contribution in [2.24, 2.45) is 23.2 Å². The Morgan fingerprint density at radius 2 is 1.02 bits per heavy atom. The van der Waals surface area contributed by atoms with E-state index in [0.29, 0.717) is 5.41 Å². The summed E-state index contributed by atoms with van der Waals surface area (Å²) in [5.74, 6) is 6.85. The second-order valence-corrected chi connectivity index (χ2v) is 18.5. The van der Waals surface area contributed by atoms with Crippen molar-refractivity contribution in [2.75, 3.05) is 0 Å². The minimum atomic E-state index is -0.499. The van der Waals surface area contributed by atoms with E-state index < -0.39 is 5.41 Å². The number of benzene rings is 7. The van der Waals surface area contributed by atoms with Crippen LogP contribution in [0, 0.1) is 23.2 Å². The molecule has 286 valence electrons. The Balaban J connectivity index is 0.943. The smallest absolute Gasteiger partial charge is 0.164 e. The third-order valence-corrected chi connectivity index (χ3v) is 16.0. The largest absolute Gasteiger partial charge is 0.457 e. The van der Waals surface area contributed by atoms with Gasteiger partial charge >= 0.3 is 0 Å². The van der Waals surface area contributed by atoms with Crippen molar-refractivity contribution >= 4 is 0 Å². The Kier molecular flexibility index (Phi) is 6.51. The van der Waals surface area contributed by atoms with Crippen LogP contribution < -0.4 is 4.74 Å². The highest BCUT2D eigenvalue weighted by Crippen LogP contribution is 2.84. The van der Waals surface area contributed by atoms with Gasteiger partial charge in [0.05, 0.1) is 5.41 Å². The summed E-state index contributed by atoms with van der Waals surface area (Å²) in [4.78, 5) is 16.4. The topological polar surface area (TPSA) is 47.9 Å². The minimum Gasteiger partial charge on any atom is -0.457 e. The summed E-state index contributed by atoms with van der Waals surface area (Å²) in [5.41, 5.74) is 14.1. The molecule has 1 aromatic heterocycles. The quantitative estimate of drug-likeness (QED) is 0.175. The van der Waals surface area contributed by atoms with E-state index in [1.807, 2.05) is 0 Å². The number of para-hydroxylation sites is 1. The molecule has 0 N–H and O–H groups in total. The zero-order valence-corrected chi connectivity index (χ0v) is 33.2. The molecule has 2 spiro atoms. The molecule has 1 aliphatic heterocycles. The summed E-state index contributed by atoms with van der Waals surface area (Å²) < 4.78 is 6.94. The van der Waals surface area contributed by atoms with Crippen molar-refractivity contribution in [3.8, 4) is 67.7 Å². The lowest BCUT2D eigenvalue weighted by Gasteiger charge is -2.66. The molecule has 14 rings (SSSR count). The maximum absolute atomic E-state index is 6.94. The van der Waals surface area contributed by atoms with Gasteiger partial charge in [-0.15, -0.1) is 0 Å². The average molecular weight is 772 g/mol. The molecular formula is C56H41N3O. The summed E-state index contributed by atoms with van der Waals surface area (Å²) in [6, 6.07) is 61.3. The standard InChI is InChI=1S/C56H41N3O/c1-2-13-34(14-3-1)35-15-12-16-37(27-35)51-57-52(59-53(58-51)54-31-39-29-38-30-40(32-54)55(38,39)33-54)44-20-5-4-17-41(44)36-25-26-48-50(28-36)60-49-24-11-10-23-47(49)56(48)45-21-8-6-18-42(45)43-19-7-9-22-46(43)56/h1-28,38-40H,29-33H2. The van der Waals surface area contributed by atoms with E-state index in [1.165, 1.54) is 65.5 Å². The molecular weight excluding hydrogens is 731 g/mol. The normalized spacial score (nSPS) is 24.9. The fourth-order valence-electron chi connectivity index (χ4n) is 13.6. The number of aromatic nitrogens is 3. The Morgan fingerprint density at radius 3 is 1.75 bits per heavy atom. The molecule has 6 aliphatic rings. The van der Waals surface area contributed by atoms with Gasteiger partial charge in [-0.1, -0.05) is 152 Å². The zero-order chi connectivity index (χ0) is 39.2. The highest BCUT2D eigenvalue weighted by molar-refractivity contribution is 5.90. The van der Waals surface area contributed by atoms with Crippen molar-refractivity contribution in [1.29, 1.82) is 0 Å². The molecule has 8 aromatic rings. The van der Waals surface area contributed by atoms with E-state index in [-0.39, 0.29) is 5.41 Å². The third kappa shape index (κ3) is 4.19. The minimum absolute atomic E-state index is 0.0221. The molecule has 4 fully saturated rings. The number of fused-ring (bicyclic) bond motifs is 10. The maximum atomic E-state index is 6.94. The van der Waals surface area contributed by atoms with Crippen LogP contribution in [0.4, 0.5) is 0 Å². The molecule has 2 unspecified atom stereocenters. The van der Waals surface area contributed by atoms with E-state index in [2.05, 4.69) is 170 Å². The highest BCUT2D eigenvalue weighted by Gasteiger charge is 2.78. The van der Waals surface area contributed by atoms with Gasteiger partial charge in [-0.3, -0.25) is 0 Å². The molecule has 0 amide bonds. The van der Waals surface area contributed by atoms with Crippen LogP contribution in [0.15, 0.2) is 170 Å². The molecule has 7 aromatic carbocycles. The predicted octanol–water partition coefficient (Wildman–Crippen LogP) is 13.1. The first-order valence-corrected chi connectivity index (χ1v) is 21.8. The van der Waals surface area contributed by atoms with E-state index in [4.69, 9.17) is 19.7 Å². The summed E-state index contributed by atoms with van der Waals surface area (Å²) in [7, 11) is 0. The SMILES string of the molecule is c1ccc(-c2cccc(-c3nc(-c4ccccc4-c4ccc5c(c4)Oc4ccccc4C54c5ccccc5-c5ccccc54)nc(C45CC6CC7CC(C4)C76C5)n3)c2)cc1. The third-order valence-electron chi connectivity index (χ3n) is 16.0. The van der Waals surface area contributed by atoms with Crippen molar-refractivity contribution in [1.82, 2.24) is 15.0 Å². The van der Waals surface area contributed by atoms with Crippen LogP contribution >= 0.6 is 0 Å². The van der Waals surface area contributed by atoms with Gasteiger partial charge in [0.1, 0.15) is 17.3 Å². The van der Waals surface area contributed by atoms with Gasteiger partial charge in [-0.2, -0.15) is 0 Å². The fraction of sp³-hybridized carbons (Fsp3) is 0.196. The Bertz CT molecular complexity index is 3050. The van der Waals surface area contributed by atoms with Gasteiger partial charge in [0.2, 0.25) is 0 Å². The predicted molar refractivity (Wildman–Crippen MR) is 237 cm³/mol. The van der Waals surface area contributed by atoms with Gasteiger partial charge in [-0.05, 0) is 118 Å². The van der Waals surface area contributed by atoms with Crippen LogP contribution in [0.25, 0.3) is 56.2 Å². The van der Waals surface area contributed by atoms with Crippen LogP contribution in [0.5, 0.6) is 11.5 Å². The van der Waals surface area contributed by atoms with Gasteiger partial charge in [0.25, 0.3) is 0 Å². The van der Waals surface area contributed by atoms with Gasteiger partial charge in [0.15, 0.2) is 11.6 Å². The van der Waals surface area contributed by atoms with E-state index in [1.54, 1.807) is 0 Å². The Hall–Kier alpha value is -6.65. The molecule has 5 aliphatic carbocycles. The molecule has 0 radical (unpaired) electrons. The molecule has 2 bridgehead atoms. The molecule has 2 heterocycles. The lowest BCUT2D eigenvalue weighted by atomic mass is 9.38. The van der Waals surface area contributed by atoms with Crippen LogP contribution in [0.1, 0.15) is 60.2 Å². The van der Waals surface area contributed by atoms with Crippen molar-refractivity contribution < 1.29 is 4.74 Å². The molecule has 4 saturated carbocycles. The second kappa shape index (κ2) is 11.8. The monoisotopic (exact) mass is 771 g/mol. The Labute approximate surface area is 350 Å². The Morgan fingerprint density at radius 1 is 0.417 bits per heavy atom. The van der Waals surface area contributed by atoms with Gasteiger partial charge in [0, 0.05) is 27.7 Å². The van der Waals surface area contributed by atoms with Crippen LogP contribution in [0.2, 0.25) is 0 Å². The average Bonchev–Trinajstić information content (AvgIpc) is 3.91. The second-order valence-electron chi connectivity index (χ2n) is 18.5. The summed E-state index contributed by atoms with van der Waals surface area (Å²) in [6.07, 6.45) is 6.47.